The molecule has 1 saturated heterocycles. The van der Waals surface area contributed by atoms with Crippen molar-refractivity contribution in [2.75, 3.05) is 24.6 Å². The fourth-order valence-electron chi connectivity index (χ4n) is 3.82. The first-order valence-electron chi connectivity index (χ1n) is 10.4. The van der Waals surface area contributed by atoms with Crippen LogP contribution in [-0.2, 0) is 0 Å². The van der Waals surface area contributed by atoms with Crippen molar-refractivity contribution in [1.82, 2.24) is 10.3 Å². The number of carbonyl (C=O) groups is 1. The lowest BCUT2D eigenvalue weighted by molar-refractivity contribution is 0.0908. The molecule has 0 unspecified atom stereocenters. The third-order valence-corrected chi connectivity index (χ3v) is 5.47. The average Bonchev–Trinajstić information content (AvgIpc) is 2.73. The van der Waals surface area contributed by atoms with Crippen molar-refractivity contribution in [3.63, 3.8) is 0 Å². The number of nitrogens with one attached hydrogen (secondary N) is 1. The number of halogens is 1. The number of benzene rings is 1. The van der Waals surface area contributed by atoms with E-state index in [0.29, 0.717) is 16.5 Å². The van der Waals surface area contributed by atoms with Crippen molar-refractivity contribution < 1.29 is 9.90 Å². The summed E-state index contributed by atoms with van der Waals surface area (Å²) in [6, 6.07) is 9.28. The first-order valence-corrected chi connectivity index (χ1v) is 10.8. The Morgan fingerprint density at radius 2 is 2.00 bits per heavy atom. The molecule has 2 N–H and O–H groups in total. The van der Waals surface area contributed by atoms with Gasteiger partial charge in [-0.25, -0.2) is 4.98 Å². The number of hydrogen-bond acceptors (Lipinski definition) is 4. The lowest BCUT2D eigenvalue weighted by atomic mass is 10.0. The van der Waals surface area contributed by atoms with Gasteiger partial charge in [0, 0.05) is 29.9 Å². The molecule has 0 bridgehead atoms. The number of rotatable bonds is 7. The summed E-state index contributed by atoms with van der Waals surface area (Å²) in [4.78, 5) is 19.8. The number of pyridine rings is 1. The van der Waals surface area contributed by atoms with Crippen LogP contribution in [0.15, 0.2) is 36.5 Å². The fraction of sp³-hybridized carbons (Fsp3) is 0.478. The predicted octanol–water partition coefficient (Wildman–Crippen LogP) is 4.53. The molecule has 1 amide bonds. The SMILES string of the molecule is CC(C)C[C@@H](CO)NC(=O)c1cnc(N2CCCCC2)c(-c2cccc(Cl)c2)c1. The van der Waals surface area contributed by atoms with Crippen molar-refractivity contribution in [2.24, 2.45) is 5.92 Å². The second kappa shape index (κ2) is 10.1. The van der Waals surface area contributed by atoms with Gasteiger partial charge < -0.3 is 15.3 Å². The molecule has 1 aliphatic heterocycles. The Labute approximate surface area is 178 Å². The minimum atomic E-state index is -0.265. The van der Waals surface area contributed by atoms with Crippen molar-refractivity contribution in [2.45, 2.75) is 45.6 Å². The Kier molecular flexibility index (Phi) is 7.51. The minimum absolute atomic E-state index is 0.0790. The number of aliphatic hydroxyl groups excluding tert-OH is 1. The Balaban J connectivity index is 1.93. The molecule has 1 atom stereocenters. The third-order valence-electron chi connectivity index (χ3n) is 5.23. The molecule has 1 aliphatic rings. The highest BCUT2D eigenvalue weighted by atomic mass is 35.5. The Morgan fingerprint density at radius 1 is 1.24 bits per heavy atom. The smallest absolute Gasteiger partial charge is 0.253 e. The normalized spacial score (nSPS) is 15.4. The van der Waals surface area contributed by atoms with Crippen LogP contribution in [0.25, 0.3) is 11.1 Å². The van der Waals surface area contributed by atoms with Crippen LogP contribution < -0.4 is 10.2 Å². The lowest BCUT2D eigenvalue weighted by Crippen LogP contribution is -2.38. The minimum Gasteiger partial charge on any atom is -0.394 e. The molecule has 29 heavy (non-hydrogen) atoms. The standard InChI is InChI=1S/C23H30ClN3O2/c1-16(2)11-20(15-28)26-23(29)18-13-21(17-7-6-8-19(24)12-17)22(25-14-18)27-9-4-3-5-10-27/h6-8,12-14,16,20,28H,3-5,9-11,15H2,1-2H3,(H,26,29)/t20-/m0/s1. The number of anilines is 1. The van der Waals surface area contributed by atoms with Gasteiger partial charge in [-0.3, -0.25) is 4.79 Å². The van der Waals surface area contributed by atoms with Crippen LogP contribution >= 0.6 is 11.6 Å². The van der Waals surface area contributed by atoms with E-state index in [1.165, 1.54) is 6.42 Å². The van der Waals surface area contributed by atoms with Crippen molar-refractivity contribution in [3.8, 4) is 11.1 Å². The van der Waals surface area contributed by atoms with Gasteiger partial charge in [0.15, 0.2) is 0 Å². The van der Waals surface area contributed by atoms with E-state index >= 15 is 0 Å². The summed E-state index contributed by atoms with van der Waals surface area (Å²) in [5.41, 5.74) is 2.34. The molecule has 6 heteroatoms. The van der Waals surface area contributed by atoms with Crippen molar-refractivity contribution in [3.05, 3.63) is 47.1 Å². The van der Waals surface area contributed by atoms with Gasteiger partial charge in [-0.05, 0) is 55.4 Å². The summed E-state index contributed by atoms with van der Waals surface area (Å²) in [6.07, 6.45) is 5.89. The molecular weight excluding hydrogens is 386 g/mol. The molecule has 2 heterocycles. The summed E-state index contributed by atoms with van der Waals surface area (Å²) in [5, 5.41) is 13.2. The van der Waals surface area contributed by atoms with E-state index in [0.717, 1.165) is 49.3 Å². The predicted molar refractivity (Wildman–Crippen MR) is 119 cm³/mol. The summed E-state index contributed by atoms with van der Waals surface area (Å²) >= 11 is 6.23. The number of carbonyl (C=O) groups excluding carboxylic acids is 1. The van der Waals surface area contributed by atoms with E-state index in [1.807, 2.05) is 30.3 Å². The maximum absolute atomic E-state index is 12.8. The average molecular weight is 416 g/mol. The van der Waals surface area contributed by atoms with E-state index < -0.39 is 0 Å². The first-order chi connectivity index (χ1) is 14.0. The van der Waals surface area contributed by atoms with Crippen LogP contribution in [0.5, 0.6) is 0 Å². The van der Waals surface area contributed by atoms with Gasteiger partial charge in [-0.15, -0.1) is 0 Å². The molecule has 0 aliphatic carbocycles. The van der Waals surface area contributed by atoms with Crippen LogP contribution in [-0.4, -0.2) is 41.7 Å². The number of nitrogens with zero attached hydrogens (tertiary/aromatic N) is 2. The zero-order valence-electron chi connectivity index (χ0n) is 17.2. The molecule has 5 nitrogen and oxygen atoms in total. The summed E-state index contributed by atoms with van der Waals surface area (Å²) < 4.78 is 0. The van der Waals surface area contributed by atoms with Crippen LogP contribution in [0.3, 0.4) is 0 Å². The van der Waals surface area contributed by atoms with Gasteiger partial charge in [-0.2, -0.15) is 0 Å². The summed E-state index contributed by atoms with van der Waals surface area (Å²) in [7, 11) is 0. The first kappa shape index (κ1) is 21.6. The van der Waals surface area contributed by atoms with Crippen molar-refractivity contribution >= 4 is 23.3 Å². The van der Waals surface area contributed by atoms with Gasteiger partial charge in [0.25, 0.3) is 5.91 Å². The van der Waals surface area contributed by atoms with Gasteiger partial charge in [0.05, 0.1) is 18.2 Å². The zero-order valence-corrected chi connectivity index (χ0v) is 18.0. The molecular formula is C23H30ClN3O2. The second-order valence-electron chi connectivity index (χ2n) is 8.14. The van der Waals surface area contributed by atoms with Gasteiger partial charge in [0.1, 0.15) is 5.82 Å². The highest BCUT2D eigenvalue weighted by Gasteiger charge is 2.21. The van der Waals surface area contributed by atoms with E-state index in [-0.39, 0.29) is 18.6 Å². The maximum atomic E-state index is 12.8. The highest BCUT2D eigenvalue weighted by molar-refractivity contribution is 6.30. The van der Waals surface area contributed by atoms with Crippen LogP contribution in [0.4, 0.5) is 5.82 Å². The molecule has 3 rings (SSSR count). The van der Waals surface area contributed by atoms with Crippen LogP contribution in [0, 0.1) is 5.92 Å². The zero-order chi connectivity index (χ0) is 20.8. The molecule has 156 valence electrons. The lowest BCUT2D eigenvalue weighted by Gasteiger charge is -2.30. The maximum Gasteiger partial charge on any atom is 0.253 e. The van der Waals surface area contributed by atoms with Gasteiger partial charge in [0.2, 0.25) is 0 Å². The fourth-order valence-corrected chi connectivity index (χ4v) is 4.02. The van der Waals surface area contributed by atoms with E-state index in [4.69, 9.17) is 11.6 Å². The molecule has 2 aromatic rings. The molecule has 1 aromatic heterocycles. The highest BCUT2D eigenvalue weighted by Crippen LogP contribution is 2.33. The molecule has 0 spiro atoms. The van der Waals surface area contributed by atoms with E-state index in [1.54, 1.807) is 6.20 Å². The van der Waals surface area contributed by atoms with Gasteiger partial charge >= 0.3 is 0 Å². The molecule has 0 saturated carbocycles. The third kappa shape index (κ3) is 5.71. The van der Waals surface area contributed by atoms with E-state index in [2.05, 4.69) is 29.0 Å². The molecule has 1 aromatic carbocycles. The number of amides is 1. The monoisotopic (exact) mass is 415 g/mol. The number of hydrogen-bond donors (Lipinski definition) is 2. The largest absolute Gasteiger partial charge is 0.394 e. The van der Waals surface area contributed by atoms with Crippen LogP contribution in [0.2, 0.25) is 5.02 Å². The number of aliphatic hydroxyl groups is 1. The van der Waals surface area contributed by atoms with Crippen molar-refractivity contribution in [1.29, 1.82) is 0 Å². The topological polar surface area (TPSA) is 65.5 Å². The number of aromatic nitrogens is 1. The summed E-state index contributed by atoms with van der Waals surface area (Å²) in [5.74, 6) is 1.06. The Bertz CT molecular complexity index is 835. The van der Waals surface area contributed by atoms with E-state index in [9.17, 15) is 9.90 Å². The quantitative estimate of drug-likeness (QED) is 0.697. The van der Waals surface area contributed by atoms with Crippen LogP contribution in [0.1, 0.15) is 49.9 Å². The Morgan fingerprint density at radius 3 is 2.66 bits per heavy atom. The summed E-state index contributed by atoms with van der Waals surface area (Å²) in [6.45, 7) is 5.99. The molecule has 1 fully saturated rings. The molecule has 0 radical (unpaired) electrons. The number of piperidine rings is 1. The second-order valence-corrected chi connectivity index (χ2v) is 8.57. The van der Waals surface area contributed by atoms with Gasteiger partial charge in [-0.1, -0.05) is 37.6 Å². The Hall–Kier alpha value is -2.11.